The molecule has 0 radical (unpaired) electrons. The molecule has 0 bridgehead atoms. The summed E-state index contributed by atoms with van der Waals surface area (Å²) in [6.45, 7) is 0.994. The van der Waals surface area contributed by atoms with Crippen LogP contribution in [0.25, 0.3) is 0 Å². The molecule has 1 amide bonds. The highest BCUT2D eigenvalue weighted by Gasteiger charge is 2.28. The molecule has 1 aliphatic rings. The van der Waals surface area contributed by atoms with E-state index < -0.39 is 11.9 Å². The summed E-state index contributed by atoms with van der Waals surface area (Å²) in [5.41, 5.74) is 0.773. The van der Waals surface area contributed by atoms with Crippen LogP contribution in [-0.4, -0.2) is 41.6 Å². The molecule has 2 heterocycles. The first-order valence-electron chi connectivity index (χ1n) is 7.04. The van der Waals surface area contributed by atoms with Gasteiger partial charge in [-0.1, -0.05) is 12.1 Å². The van der Waals surface area contributed by atoms with Crippen molar-refractivity contribution in [3.05, 3.63) is 59.3 Å². The molecule has 2 aromatic rings. The van der Waals surface area contributed by atoms with E-state index in [1.807, 2.05) is 0 Å². The predicted molar refractivity (Wildman–Crippen MR) is 76.7 cm³/mol. The van der Waals surface area contributed by atoms with Gasteiger partial charge in [-0.15, -0.1) is 0 Å². The highest BCUT2D eigenvalue weighted by atomic mass is 19.1. The van der Waals surface area contributed by atoms with Gasteiger partial charge in [-0.2, -0.15) is 0 Å². The first-order chi connectivity index (χ1) is 11.0. The Kier molecular flexibility index (Phi) is 4.12. The van der Waals surface area contributed by atoms with Gasteiger partial charge in [-0.3, -0.25) is 4.79 Å². The number of furan rings is 1. The summed E-state index contributed by atoms with van der Waals surface area (Å²) in [7, 11) is 0. The zero-order valence-corrected chi connectivity index (χ0v) is 12.1. The lowest BCUT2D eigenvalue weighted by Gasteiger charge is -2.32. The number of rotatable bonds is 3. The average molecular weight is 319 g/mol. The minimum Gasteiger partial charge on any atom is -0.475 e. The first kappa shape index (κ1) is 15.2. The summed E-state index contributed by atoms with van der Waals surface area (Å²) in [4.78, 5) is 24.7. The topological polar surface area (TPSA) is 80.0 Å². The Balaban J connectivity index is 1.73. The molecule has 7 heteroatoms. The Bertz CT molecular complexity index is 724. The zero-order chi connectivity index (χ0) is 16.4. The quantitative estimate of drug-likeness (QED) is 0.939. The van der Waals surface area contributed by atoms with Crippen LogP contribution in [0.3, 0.4) is 0 Å². The number of nitrogens with zero attached hydrogens (tertiary/aromatic N) is 1. The van der Waals surface area contributed by atoms with Gasteiger partial charge in [0.15, 0.2) is 5.76 Å². The lowest BCUT2D eigenvalue weighted by atomic mass is 10.1. The number of amides is 1. The van der Waals surface area contributed by atoms with Gasteiger partial charge in [0.2, 0.25) is 5.76 Å². The van der Waals surface area contributed by atoms with Crippen molar-refractivity contribution >= 4 is 11.9 Å². The highest BCUT2D eigenvalue weighted by Crippen LogP contribution is 2.24. The maximum Gasteiger partial charge on any atom is 0.371 e. The molecule has 3 rings (SSSR count). The first-order valence-corrected chi connectivity index (χ1v) is 7.04. The molecule has 1 unspecified atom stereocenters. The van der Waals surface area contributed by atoms with Crippen molar-refractivity contribution in [1.29, 1.82) is 0 Å². The van der Waals surface area contributed by atoms with Crippen molar-refractivity contribution in [2.75, 3.05) is 19.7 Å². The summed E-state index contributed by atoms with van der Waals surface area (Å²) in [6.07, 6.45) is -0.359. The molecular formula is C16H14FNO5. The Labute approximate surface area is 131 Å². The number of hydrogen-bond acceptors (Lipinski definition) is 4. The molecular weight excluding hydrogens is 305 g/mol. The maximum absolute atomic E-state index is 13.0. The molecule has 1 N–H and O–H groups in total. The van der Waals surface area contributed by atoms with Crippen molar-refractivity contribution in [3.63, 3.8) is 0 Å². The lowest BCUT2D eigenvalue weighted by Crippen LogP contribution is -2.42. The molecule has 1 saturated heterocycles. The number of carboxylic acid groups (broad SMARTS) is 1. The van der Waals surface area contributed by atoms with Crippen LogP contribution in [0, 0.1) is 5.82 Å². The van der Waals surface area contributed by atoms with E-state index in [0.29, 0.717) is 13.2 Å². The number of halogens is 1. The largest absolute Gasteiger partial charge is 0.475 e. The van der Waals surface area contributed by atoms with Gasteiger partial charge in [-0.05, 0) is 29.8 Å². The van der Waals surface area contributed by atoms with Crippen LogP contribution in [0.15, 0.2) is 40.8 Å². The predicted octanol–water partition coefficient (Wildman–Crippen LogP) is 2.33. The Morgan fingerprint density at radius 2 is 1.83 bits per heavy atom. The van der Waals surface area contributed by atoms with Crippen LogP contribution in [0.1, 0.15) is 32.8 Å². The van der Waals surface area contributed by atoms with Crippen LogP contribution in [0.5, 0.6) is 0 Å². The maximum atomic E-state index is 13.0. The third kappa shape index (κ3) is 3.24. The van der Waals surface area contributed by atoms with Gasteiger partial charge in [-0.25, -0.2) is 9.18 Å². The number of morpholine rings is 1. The lowest BCUT2D eigenvalue weighted by molar-refractivity contribution is -0.0238. The van der Waals surface area contributed by atoms with Crippen LogP contribution in [0.4, 0.5) is 4.39 Å². The van der Waals surface area contributed by atoms with Gasteiger partial charge < -0.3 is 19.2 Å². The van der Waals surface area contributed by atoms with Crippen LogP contribution >= 0.6 is 0 Å². The average Bonchev–Trinajstić information content (AvgIpc) is 3.05. The normalized spacial score (nSPS) is 18.0. The van der Waals surface area contributed by atoms with E-state index in [1.165, 1.54) is 29.2 Å². The minimum atomic E-state index is -1.23. The molecule has 0 spiro atoms. The van der Waals surface area contributed by atoms with Crippen molar-refractivity contribution in [2.45, 2.75) is 6.10 Å². The summed E-state index contributed by atoms with van der Waals surface area (Å²) in [5.74, 6) is -2.27. The summed E-state index contributed by atoms with van der Waals surface area (Å²) < 4.78 is 23.6. The zero-order valence-electron chi connectivity index (χ0n) is 12.1. The van der Waals surface area contributed by atoms with E-state index >= 15 is 0 Å². The molecule has 1 aromatic carbocycles. The van der Waals surface area contributed by atoms with E-state index in [-0.39, 0.29) is 30.0 Å². The van der Waals surface area contributed by atoms with Crippen LogP contribution in [-0.2, 0) is 4.74 Å². The standard InChI is InChI=1S/C16H14FNO5/c17-11-3-1-10(2-4-11)14-9-18(7-8-22-14)15(19)12-5-6-13(23-12)16(20)21/h1-6,14H,7-9H2,(H,20,21). The van der Waals surface area contributed by atoms with E-state index in [4.69, 9.17) is 14.3 Å². The van der Waals surface area contributed by atoms with Crippen molar-refractivity contribution in [1.82, 2.24) is 4.90 Å². The molecule has 0 saturated carbocycles. The second-order valence-electron chi connectivity index (χ2n) is 5.13. The van der Waals surface area contributed by atoms with Crippen LogP contribution < -0.4 is 0 Å². The van der Waals surface area contributed by atoms with Crippen molar-refractivity contribution in [2.24, 2.45) is 0 Å². The third-order valence-electron chi connectivity index (χ3n) is 3.62. The van der Waals surface area contributed by atoms with E-state index in [2.05, 4.69) is 0 Å². The monoisotopic (exact) mass is 319 g/mol. The summed E-state index contributed by atoms with van der Waals surface area (Å²) >= 11 is 0. The molecule has 1 aromatic heterocycles. The Morgan fingerprint density at radius 3 is 2.48 bits per heavy atom. The molecule has 1 aliphatic heterocycles. The number of carboxylic acids is 1. The molecule has 6 nitrogen and oxygen atoms in total. The number of ether oxygens (including phenoxy) is 1. The molecule has 0 aliphatic carbocycles. The number of aromatic carboxylic acids is 1. The molecule has 1 fully saturated rings. The molecule has 120 valence electrons. The second kappa shape index (κ2) is 6.21. The Hall–Kier alpha value is -2.67. The number of carbonyl (C=O) groups is 2. The van der Waals surface area contributed by atoms with Crippen molar-refractivity contribution < 1.29 is 28.2 Å². The van der Waals surface area contributed by atoms with Gasteiger partial charge in [0, 0.05) is 6.54 Å². The fourth-order valence-electron chi connectivity index (χ4n) is 2.44. The number of hydrogen-bond donors (Lipinski definition) is 1. The fraction of sp³-hybridized carbons (Fsp3) is 0.250. The minimum absolute atomic E-state index is 0.0258. The smallest absolute Gasteiger partial charge is 0.371 e. The Morgan fingerprint density at radius 1 is 1.13 bits per heavy atom. The van der Waals surface area contributed by atoms with Gasteiger partial charge in [0.25, 0.3) is 5.91 Å². The van der Waals surface area contributed by atoms with Crippen LogP contribution in [0.2, 0.25) is 0 Å². The third-order valence-corrected chi connectivity index (χ3v) is 3.62. The highest BCUT2D eigenvalue weighted by molar-refractivity contribution is 5.93. The van der Waals surface area contributed by atoms with Gasteiger partial charge in [0.1, 0.15) is 11.9 Å². The van der Waals surface area contributed by atoms with Gasteiger partial charge in [0.05, 0.1) is 13.2 Å². The molecule has 1 atom stereocenters. The number of benzene rings is 1. The van der Waals surface area contributed by atoms with Crippen molar-refractivity contribution in [3.8, 4) is 0 Å². The number of carbonyl (C=O) groups excluding carboxylic acids is 1. The van der Waals surface area contributed by atoms with E-state index in [9.17, 15) is 14.0 Å². The summed E-state index contributed by atoms with van der Waals surface area (Å²) in [5, 5.41) is 8.83. The summed E-state index contributed by atoms with van der Waals surface area (Å²) in [6, 6.07) is 8.49. The van der Waals surface area contributed by atoms with E-state index in [0.717, 1.165) is 5.56 Å². The second-order valence-corrected chi connectivity index (χ2v) is 5.13. The van der Waals surface area contributed by atoms with Gasteiger partial charge >= 0.3 is 5.97 Å². The molecule has 23 heavy (non-hydrogen) atoms. The fourth-order valence-corrected chi connectivity index (χ4v) is 2.44. The SMILES string of the molecule is O=C(O)c1ccc(C(=O)N2CCOC(c3ccc(F)cc3)C2)o1. The van der Waals surface area contributed by atoms with E-state index in [1.54, 1.807) is 12.1 Å².